The lowest BCUT2D eigenvalue weighted by molar-refractivity contribution is 1.07. The van der Waals surface area contributed by atoms with Gasteiger partial charge in [-0.2, -0.15) is 4.98 Å². The van der Waals surface area contributed by atoms with Crippen LogP contribution in [0.5, 0.6) is 0 Å². The van der Waals surface area contributed by atoms with Gasteiger partial charge in [-0.25, -0.2) is 4.98 Å². The summed E-state index contributed by atoms with van der Waals surface area (Å²) in [4.78, 5) is 10.9. The molecule has 21 heavy (non-hydrogen) atoms. The molecule has 0 spiro atoms. The standard InChI is InChI=1S/C16H23N5/c1-6-17-16-18-10-12(3)15(20-16)19-13-8-7-11(2)14(9-13)21(4)5/h7-10H,6H2,1-5H3,(H2,17,18,19,20). The Morgan fingerprint density at radius 2 is 1.90 bits per heavy atom. The highest BCUT2D eigenvalue weighted by atomic mass is 15.1. The summed E-state index contributed by atoms with van der Waals surface area (Å²) in [5.74, 6) is 1.47. The van der Waals surface area contributed by atoms with E-state index in [1.807, 2.05) is 34.1 Å². The summed E-state index contributed by atoms with van der Waals surface area (Å²) < 4.78 is 0. The van der Waals surface area contributed by atoms with Crippen LogP contribution >= 0.6 is 0 Å². The third-order valence-electron chi connectivity index (χ3n) is 3.26. The monoisotopic (exact) mass is 285 g/mol. The fourth-order valence-electron chi connectivity index (χ4n) is 2.12. The molecule has 5 nitrogen and oxygen atoms in total. The normalized spacial score (nSPS) is 10.3. The van der Waals surface area contributed by atoms with Gasteiger partial charge in [0.25, 0.3) is 0 Å². The Balaban J connectivity index is 2.29. The summed E-state index contributed by atoms with van der Waals surface area (Å²) >= 11 is 0. The van der Waals surface area contributed by atoms with Crippen LogP contribution in [0.2, 0.25) is 0 Å². The van der Waals surface area contributed by atoms with Crippen molar-refractivity contribution in [3.63, 3.8) is 0 Å². The minimum Gasteiger partial charge on any atom is -0.377 e. The van der Waals surface area contributed by atoms with E-state index in [0.717, 1.165) is 23.6 Å². The molecule has 0 aliphatic carbocycles. The predicted octanol–water partition coefficient (Wildman–Crippen LogP) is 3.33. The second kappa shape index (κ2) is 6.43. The van der Waals surface area contributed by atoms with Gasteiger partial charge in [0.1, 0.15) is 5.82 Å². The molecule has 0 aliphatic rings. The minimum absolute atomic E-state index is 0.644. The summed E-state index contributed by atoms with van der Waals surface area (Å²) in [5, 5.41) is 6.50. The molecule has 5 heteroatoms. The second-order valence-electron chi connectivity index (χ2n) is 5.28. The molecule has 2 aromatic rings. The maximum atomic E-state index is 4.51. The summed E-state index contributed by atoms with van der Waals surface area (Å²) in [7, 11) is 4.09. The molecule has 0 saturated carbocycles. The van der Waals surface area contributed by atoms with Crippen molar-refractivity contribution in [3.05, 3.63) is 35.5 Å². The number of benzene rings is 1. The Morgan fingerprint density at radius 3 is 2.57 bits per heavy atom. The Kier molecular flexibility index (Phi) is 4.62. The largest absolute Gasteiger partial charge is 0.377 e. The number of nitrogens with zero attached hydrogens (tertiary/aromatic N) is 3. The Bertz CT molecular complexity index is 622. The zero-order valence-electron chi connectivity index (χ0n) is 13.4. The molecule has 2 N–H and O–H groups in total. The van der Waals surface area contributed by atoms with Crippen molar-refractivity contribution in [2.24, 2.45) is 0 Å². The molecule has 0 radical (unpaired) electrons. The number of anilines is 4. The minimum atomic E-state index is 0.644. The summed E-state index contributed by atoms with van der Waals surface area (Å²) in [5.41, 5.74) is 4.48. The van der Waals surface area contributed by atoms with Crippen LogP contribution in [0.4, 0.5) is 23.1 Å². The van der Waals surface area contributed by atoms with E-state index in [1.54, 1.807) is 0 Å². The molecule has 1 heterocycles. The van der Waals surface area contributed by atoms with Gasteiger partial charge in [-0.05, 0) is 38.5 Å². The highest BCUT2D eigenvalue weighted by Gasteiger charge is 2.06. The van der Waals surface area contributed by atoms with Crippen LogP contribution in [0.3, 0.4) is 0 Å². The average Bonchev–Trinajstić information content (AvgIpc) is 2.44. The van der Waals surface area contributed by atoms with Crippen LogP contribution in [0.25, 0.3) is 0 Å². The van der Waals surface area contributed by atoms with Crippen molar-refractivity contribution in [1.82, 2.24) is 9.97 Å². The van der Waals surface area contributed by atoms with E-state index in [9.17, 15) is 0 Å². The quantitative estimate of drug-likeness (QED) is 0.882. The van der Waals surface area contributed by atoms with Gasteiger partial charge in [0.15, 0.2) is 0 Å². The Hall–Kier alpha value is -2.30. The first-order valence-corrected chi connectivity index (χ1v) is 7.13. The zero-order valence-corrected chi connectivity index (χ0v) is 13.4. The summed E-state index contributed by atoms with van der Waals surface area (Å²) in [6.07, 6.45) is 1.83. The van der Waals surface area contributed by atoms with Crippen molar-refractivity contribution in [2.75, 3.05) is 36.2 Å². The van der Waals surface area contributed by atoms with Crippen LogP contribution in [0, 0.1) is 13.8 Å². The molecule has 0 bridgehead atoms. The van der Waals surface area contributed by atoms with Crippen LogP contribution in [-0.2, 0) is 0 Å². The zero-order chi connectivity index (χ0) is 15.4. The van der Waals surface area contributed by atoms with Gasteiger partial charge in [0.2, 0.25) is 5.95 Å². The third-order valence-corrected chi connectivity index (χ3v) is 3.26. The SMILES string of the molecule is CCNc1ncc(C)c(Nc2ccc(C)c(N(C)C)c2)n1. The van der Waals surface area contributed by atoms with E-state index in [-0.39, 0.29) is 0 Å². The highest BCUT2D eigenvalue weighted by Crippen LogP contribution is 2.25. The van der Waals surface area contributed by atoms with Gasteiger partial charge in [-0.15, -0.1) is 0 Å². The molecular weight excluding hydrogens is 262 g/mol. The molecule has 2 rings (SSSR count). The van der Waals surface area contributed by atoms with E-state index in [1.165, 1.54) is 11.3 Å². The first-order valence-electron chi connectivity index (χ1n) is 7.13. The van der Waals surface area contributed by atoms with Gasteiger partial charge in [-0.1, -0.05) is 6.07 Å². The Labute approximate surface area is 126 Å². The molecule has 1 aromatic carbocycles. The van der Waals surface area contributed by atoms with Crippen molar-refractivity contribution >= 4 is 23.1 Å². The van der Waals surface area contributed by atoms with Crippen molar-refractivity contribution < 1.29 is 0 Å². The van der Waals surface area contributed by atoms with Crippen LogP contribution < -0.4 is 15.5 Å². The molecule has 1 aromatic heterocycles. The van der Waals surface area contributed by atoms with Gasteiger partial charge in [0.05, 0.1) is 0 Å². The van der Waals surface area contributed by atoms with Crippen LogP contribution in [0.1, 0.15) is 18.1 Å². The number of nitrogens with one attached hydrogen (secondary N) is 2. The molecule has 0 aliphatic heterocycles. The Morgan fingerprint density at radius 1 is 1.14 bits per heavy atom. The van der Waals surface area contributed by atoms with E-state index in [2.05, 4.69) is 50.6 Å². The highest BCUT2D eigenvalue weighted by molar-refractivity contribution is 5.67. The maximum absolute atomic E-state index is 4.51. The molecule has 0 fully saturated rings. The fourth-order valence-corrected chi connectivity index (χ4v) is 2.12. The smallest absolute Gasteiger partial charge is 0.224 e. The third kappa shape index (κ3) is 3.62. The van der Waals surface area contributed by atoms with Crippen LogP contribution in [0.15, 0.2) is 24.4 Å². The van der Waals surface area contributed by atoms with E-state index in [4.69, 9.17) is 0 Å². The number of aryl methyl sites for hydroxylation is 2. The van der Waals surface area contributed by atoms with Crippen molar-refractivity contribution in [2.45, 2.75) is 20.8 Å². The van der Waals surface area contributed by atoms with Gasteiger partial charge in [-0.3, -0.25) is 0 Å². The molecular formula is C16H23N5. The summed E-state index contributed by atoms with van der Waals surface area (Å²) in [6.45, 7) is 6.94. The van der Waals surface area contributed by atoms with Crippen molar-refractivity contribution in [3.8, 4) is 0 Å². The van der Waals surface area contributed by atoms with E-state index in [0.29, 0.717) is 5.95 Å². The lowest BCUT2D eigenvalue weighted by Crippen LogP contribution is -2.11. The topological polar surface area (TPSA) is 53.1 Å². The number of hydrogen-bond donors (Lipinski definition) is 2. The lowest BCUT2D eigenvalue weighted by atomic mass is 10.1. The lowest BCUT2D eigenvalue weighted by Gasteiger charge is -2.18. The fraction of sp³-hybridized carbons (Fsp3) is 0.375. The van der Waals surface area contributed by atoms with E-state index >= 15 is 0 Å². The number of rotatable bonds is 5. The molecule has 112 valence electrons. The average molecular weight is 285 g/mol. The predicted molar refractivity (Wildman–Crippen MR) is 89.7 cm³/mol. The van der Waals surface area contributed by atoms with Gasteiger partial charge < -0.3 is 15.5 Å². The van der Waals surface area contributed by atoms with Gasteiger partial charge >= 0.3 is 0 Å². The van der Waals surface area contributed by atoms with Gasteiger partial charge in [0, 0.05) is 43.8 Å². The molecule has 0 amide bonds. The first-order chi connectivity index (χ1) is 10.0. The number of hydrogen-bond acceptors (Lipinski definition) is 5. The van der Waals surface area contributed by atoms with Crippen LogP contribution in [-0.4, -0.2) is 30.6 Å². The molecule has 0 atom stereocenters. The maximum Gasteiger partial charge on any atom is 0.224 e. The molecule has 0 unspecified atom stereocenters. The van der Waals surface area contributed by atoms with Crippen molar-refractivity contribution in [1.29, 1.82) is 0 Å². The summed E-state index contributed by atoms with van der Waals surface area (Å²) in [6, 6.07) is 6.31. The first kappa shape index (κ1) is 15.1. The number of aromatic nitrogens is 2. The van der Waals surface area contributed by atoms with E-state index < -0.39 is 0 Å². The molecule has 0 saturated heterocycles. The second-order valence-corrected chi connectivity index (χ2v) is 5.28.